The van der Waals surface area contributed by atoms with Crippen LogP contribution in [0.25, 0.3) is 11.4 Å². The number of nitrogens with one attached hydrogen (secondary N) is 1. The number of hydrogen-bond donors (Lipinski definition) is 1. The molecule has 0 bridgehead atoms. The van der Waals surface area contributed by atoms with Gasteiger partial charge in [0.1, 0.15) is 0 Å². The van der Waals surface area contributed by atoms with Crippen molar-refractivity contribution in [1.82, 2.24) is 15.5 Å². The van der Waals surface area contributed by atoms with Crippen LogP contribution in [0.15, 0.2) is 28.8 Å². The van der Waals surface area contributed by atoms with E-state index < -0.39 is 5.97 Å². The van der Waals surface area contributed by atoms with Crippen LogP contribution in [0.5, 0.6) is 0 Å². The van der Waals surface area contributed by atoms with Gasteiger partial charge in [-0.25, -0.2) is 0 Å². The Balaban J connectivity index is 1.40. The standard InChI is InChI=1S/C19H23N3O4/c1-13-6-8-14(9-7-13)19-21-17(26-22-19)10-11-18(24)25-12-16(23)20-15-4-2-3-5-15/h6-9,15H,2-5,10-12H2,1H3,(H,20,23). The van der Waals surface area contributed by atoms with E-state index in [9.17, 15) is 9.59 Å². The number of rotatable bonds is 7. The second kappa shape index (κ2) is 8.60. The van der Waals surface area contributed by atoms with Gasteiger partial charge in [-0.2, -0.15) is 4.98 Å². The van der Waals surface area contributed by atoms with Gasteiger partial charge >= 0.3 is 5.97 Å². The second-order valence-electron chi connectivity index (χ2n) is 6.59. The van der Waals surface area contributed by atoms with Crippen LogP contribution in [0.2, 0.25) is 0 Å². The van der Waals surface area contributed by atoms with Gasteiger partial charge in [-0.05, 0) is 19.8 Å². The summed E-state index contributed by atoms with van der Waals surface area (Å²) < 4.78 is 10.2. The lowest BCUT2D eigenvalue weighted by atomic mass is 10.1. The van der Waals surface area contributed by atoms with E-state index in [4.69, 9.17) is 9.26 Å². The molecule has 138 valence electrons. The van der Waals surface area contributed by atoms with Crippen molar-refractivity contribution in [2.45, 2.75) is 51.5 Å². The zero-order valence-electron chi connectivity index (χ0n) is 14.9. The average Bonchev–Trinajstić information content (AvgIpc) is 3.31. The fourth-order valence-electron chi connectivity index (χ4n) is 2.94. The van der Waals surface area contributed by atoms with Crippen LogP contribution in [-0.4, -0.2) is 34.7 Å². The number of benzene rings is 1. The SMILES string of the molecule is Cc1ccc(-c2noc(CCC(=O)OCC(=O)NC3CCCC3)n2)cc1. The largest absolute Gasteiger partial charge is 0.456 e. The van der Waals surface area contributed by atoms with Gasteiger partial charge in [0.2, 0.25) is 11.7 Å². The van der Waals surface area contributed by atoms with Crippen molar-refractivity contribution in [2.24, 2.45) is 0 Å². The molecule has 3 rings (SSSR count). The molecule has 1 saturated carbocycles. The van der Waals surface area contributed by atoms with E-state index in [1.54, 1.807) is 0 Å². The molecule has 0 unspecified atom stereocenters. The van der Waals surface area contributed by atoms with Crippen LogP contribution in [0.1, 0.15) is 43.6 Å². The molecular weight excluding hydrogens is 334 g/mol. The predicted octanol–water partition coefficient (Wildman–Crippen LogP) is 2.58. The molecule has 1 aliphatic rings. The van der Waals surface area contributed by atoms with Gasteiger partial charge in [-0.3, -0.25) is 9.59 Å². The summed E-state index contributed by atoms with van der Waals surface area (Å²) in [4.78, 5) is 27.8. The zero-order valence-corrected chi connectivity index (χ0v) is 14.9. The number of carbonyl (C=O) groups is 2. The van der Waals surface area contributed by atoms with Crippen LogP contribution >= 0.6 is 0 Å². The van der Waals surface area contributed by atoms with E-state index in [0.717, 1.165) is 36.8 Å². The Morgan fingerprint density at radius 1 is 1.23 bits per heavy atom. The molecule has 0 radical (unpaired) electrons. The Hall–Kier alpha value is -2.70. The van der Waals surface area contributed by atoms with Gasteiger partial charge in [0.25, 0.3) is 5.91 Å². The van der Waals surface area contributed by atoms with Crippen molar-refractivity contribution >= 4 is 11.9 Å². The molecule has 2 aromatic rings. The van der Waals surface area contributed by atoms with Crippen molar-refractivity contribution in [2.75, 3.05) is 6.61 Å². The molecule has 1 N–H and O–H groups in total. The minimum Gasteiger partial charge on any atom is -0.456 e. The first-order valence-electron chi connectivity index (χ1n) is 8.95. The van der Waals surface area contributed by atoms with E-state index in [1.165, 1.54) is 0 Å². The highest BCUT2D eigenvalue weighted by Crippen LogP contribution is 2.18. The summed E-state index contributed by atoms with van der Waals surface area (Å²) in [5.74, 6) is 0.156. The van der Waals surface area contributed by atoms with Crippen molar-refractivity contribution in [3.05, 3.63) is 35.7 Å². The third-order valence-electron chi connectivity index (χ3n) is 4.41. The Labute approximate surface area is 152 Å². The van der Waals surface area contributed by atoms with Crippen LogP contribution in [0, 0.1) is 6.92 Å². The first-order valence-corrected chi connectivity index (χ1v) is 8.95. The summed E-state index contributed by atoms with van der Waals surface area (Å²) in [6.45, 7) is 1.76. The Morgan fingerprint density at radius 3 is 2.69 bits per heavy atom. The summed E-state index contributed by atoms with van der Waals surface area (Å²) in [7, 11) is 0. The quantitative estimate of drug-likeness (QED) is 0.766. The van der Waals surface area contributed by atoms with E-state index in [2.05, 4.69) is 15.5 Å². The predicted molar refractivity (Wildman–Crippen MR) is 94.1 cm³/mol. The number of aryl methyl sites for hydroxylation is 2. The van der Waals surface area contributed by atoms with Crippen molar-refractivity contribution < 1.29 is 18.8 Å². The van der Waals surface area contributed by atoms with Gasteiger partial charge in [-0.15, -0.1) is 0 Å². The summed E-state index contributed by atoms with van der Waals surface area (Å²) in [6, 6.07) is 8.00. The molecule has 1 fully saturated rings. The highest BCUT2D eigenvalue weighted by molar-refractivity contribution is 5.80. The molecule has 0 atom stereocenters. The highest BCUT2D eigenvalue weighted by Gasteiger charge is 2.18. The molecule has 0 spiro atoms. The Kier molecular flexibility index (Phi) is 5.99. The van der Waals surface area contributed by atoms with Crippen LogP contribution < -0.4 is 5.32 Å². The van der Waals surface area contributed by atoms with Crippen LogP contribution in [0.4, 0.5) is 0 Å². The zero-order chi connectivity index (χ0) is 18.4. The van der Waals surface area contributed by atoms with Crippen molar-refractivity contribution in [3.63, 3.8) is 0 Å². The van der Waals surface area contributed by atoms with Crippen molar-refractivity contribution in [1.29, 1.82) is 0 Å². The van der Waals surface area contributed by atoms with E-state index in [0.29, 0.717) is 11.7 Å². The number of aromatic nitrogens is 2. The monoisotopic (exact) mass is 357 g/mol. The first kappa shape index (κ1) is 18.1. The minimum atomic E-state index is -0.457. The molecular formula is C19H23N3O4. The Morgan fingerprint density at radius 2 is 1.96 bits per heavy atom. The molecule has 1 heterocycles. The summed E-state index contributed by atoms with van der Waals surface area (Å²) >= 11 is 0. The van der Waals surface area contributed by atoms with E-state index in [-0.39, 0.29) is 31.4 Å². The van der Waals surface area contributed by atoms with Gasteiger partial charge in [0.15, 0.2) is 6.61 Å². The number of hydrogen-bond acceptors (Lipinski definition) is 6. The normalized spacial score (nSPS) is 14.3. The molecule has 7 nitrogen and oxygen atoms in total. The third kappa shape index (κ3) is 5.15. The fraction of sp³-hybridized carbons (Fsp3) is 0.474. The fourth-order valence-corrected chi connectivity index (χ4v) is 2.94. The number of nitrogens with zero attached hydrogens (tertiary/aromatic N) is 2. The molecule has 1 aromatic heterocycles. The summed E-state index contributed by atoms with van der Waals surface area (Å²) in [6.07, 6.45) is 4.65. The molecule has 7 heteroatoms. The lowest BCUT2D eigenvalue weighted by Gasteiger charge is -2.11. The molecule has 1 aliphatic carbocycles. The summed E-state index contributed by atoms with van der Waals surface area (Å²) in [5.41, 5.74) is 2.01. The lowest BCUT2D eigenvalue weighted by Crippen LogP contribution is -2.35. The summed E-state index contributed by atoms with van der Waals surface area (Å²) in [5, 5.41) is 6.80. The van der Waals surface area contributed by atoms with Gasteiger partial charge < -0.3 is 14.6 Å². The maximum atomic E-state index is 11.8. The number of amides is 1. The van der Waals surface area contributed by atoms with Crippen molar-refractivity contribution in [3.8, 4) is 11.4 Å². The first-order chi connectivity index (χ1) is 12.6. The highest BCUT2D eigenvalue weighted by atomic mass is 16.5. The number of carbonyl (C=O) groups excluding carboxylic acids is 2. The smallest absolute Gasteiger partial charge is 0.306 e. The average molecular weight is 357 g/mol. The molecule has 1 amide bonds. The second-order valence-corrected chi connectivity index (χ2v) is 6.59. The van der Waals surface area contributed by atoms with Gasteiger partial charge in [-0.1, -0.05) is 47.8 Å². The van der Waals surface area contributed by atoms with Gasteiger partial charge in [0, 0.05) is 18.0 Å². The van der Waals surface area contributed by atoms with E-state index >= 15 is 0 Å². The Bertz CT molecular complexity index is 748. The third-order valence-corrected chi connectivity index (χ3v) is 4.41. The topological polar surface area (TPSA) is 94.3 Å². The van der Waals surface area contributed by atoms with Crippen LogP contribution in [0.3, 0.4) is 0 Å². The van der Waals surface area contributed by atoms with E-state index in [1.807, 2.05) is 31.2 Å². The molecule has 0 saturated heterocycles. The molecule has 0 aliphatic heterocycles. The minimum absolute atomic E-state index is 0.0895. The van der Waals surface area contributed by atoms with Crippen LogP contribution in [-0.2, 0) is 20.7 Å². The maximum Gasteiger partial charge on any atom is 0.306 e. The number of esters is 1. The molecule has 1 aromatic carbocycles. The number of ether oxygens (including phenoxy) is 1. The van der Waals surface area contributed by atoms with Gasteiger partial charge in [0.05, 0.1) is 6.42 Å². The maximum absolute atomic E-state index is 11.8. The molecule has 26 heavy (non-hydrogen) atoms. The lowest BCUT2D eigenvalue weighted by molar-refractivity contribution is -0.148.